The monoisotopic (exact) mass is 320 g/mol. The molecule has 16 heavy (non-hydrogen) atoms. The average molecular weight is 322 g/mol. The zero-order valence-corrected chi connectivity index (χ0v) is 11.1. The lowest BCUT2D eigenvalue weighted by Gasteiger charge is -2.11. The smallest absolute Gasteiger partial charge is 0.130 e. The summed E-state index contributed by atoms with van der Waals surface area (Å²) < 4.78 is 14.3. The molecule has 0 aliphatic carbocycles. The molecule has 2 aromatic rings. The molecule has 1 aromatic carbocycles. The summed E-state index contributed by atoms with van der Waals surface area (Å²) in [7, 11) is 0. The van der Waals surface area contributed by atoms with Crippen LogP contribution in [0.3, 0.4) is 0 Å². The van der Waals surface area contributed by atoms with Gasteiger partial charge in [0, 0.05) is 26.0 Å². The zero-order valence-electron chi connectivity index (χ0n) is 7.95. The molecule has 1 aromatic heterocycles. The molecule has 1 heterocycles. The van der Waals surface area contributed by atoms with E-state index in [1.54, 1.807) is 11.4 Å². The molecule has 5 heteroatoms. The summed E-state index contributed by atoms with van der Waals surface area (Å²) in [5.41, 5.74) is 0.884. The van der Waals surface area contributed by atoms with Crippen molar-refractivity contribution in [3.05, 3.63) is 55.4 Å². The van der Waals surface area contributed by atoms with E-state index < -0.39 is 11.9 Å². The van der Waals surface area contributed by atoms with Gasteiger partial charge in [-0.1, -0.05) is 17.7 Å². The van der Waals surface area contributed by atoms with Crippen molar-refractivity contribution < 1.29 is 9.50 Å². The molecular formula is C11H7BrClFOS. The van der Waals surface area contributed by atoms with Gasteiger partial charge in [-0.05, 0) is 33.4 Å². The van der Waals surface area contributed by atoms with Gasteiger partial charge in [-0.2, -0.15) is 11.3 Å². The standard InChI is InChI=1S/C11H7BrClFOS/c12-9-5-16-4-8(9)11(15)7-2-1-6(13)3-10(7)14/h1-5,11,15H. The normalized spacial score (nSPS) is 12.8. The number of benzene rings is 1. The van der Waals surface area contributed by atoms with Gasteiger partial charge in [0.05, 0.1) is 0 Å². The first-order valence-electron chi connectivity index (χ1n) is 4.44. The number of thiophene rings is 1. The summed E-state index contributed by atoms with van der Waals surface area (Å²) in [5.74, 6) is -0.502. The Labute approximate surface area is 110 Å². The van der Waals surface area contributed by atoms with Gasteiger partial charge in [0.1, 0.15) is 11.9 Å². The Bertz CT molecular complexity index is 514. The van der Waals surface area contributed by atoms with E-state index in [-0.39, 0.29) is 5.56 Å². The SMILES string of the molecule is OC(c1ccc(Cl)cc1F)c1cscc1Br. The van der Waals surface area contributed by atoms with Crippen molar-refractivity contribution in [2.24, 2.45) is 0 Å². The van der Waals surface area contributed by atoms with Crippen molar-refractivity contribution in [3.63, 3.8) is 0 Å². The van der Waals surface area contributed by atoms with Gasteiger partial charge in [0.15, 0.2) is 0 Å². The molecule has 84 valence electrons. The summed E-state index contributed by atoms with van der Waals surface area (Å²) in [4.78, 5) is 0. The number of aliphatic hydroxyl groups excluding tert-OH is 1. The van der Waals surface area contributed by atoms with Crippen LogP contribution in [0.25, 0.3) is 0 Å². The third-order valence-electron chi connectivity index (χ3n) is 2.19. The van der Waals surface area contributed by atoms with Crippen molar-refractivity contribution in [3.8, 4) is 0 Å². The summed E-state index contributed by atoms with van der Waals surface area (Å²) >= 11 is 10.4. The molecule has 0 spiro atoms. The third-order valence-corrected chi connectivity index (χ3v) is 4.18. The highest BCUT2D eigenvalue weighted by molar-refractivity contribution is 9.10. The third kappa shape index (κ3) is 2.30. The van der Waals surface area contributed by atoms with Gasteiger partial charge in [-0.3, -0.25) is 0 Å². The first-order valence-corrected chi connectivity index (χ1v) is 6.55. The van der Waals surface area contributed by atoms with Crippen LogP contribution in [0.15, 0.2) is 33.4 Å². The highest BCUT2D eigenvalue weighted by Gasteiger charge is 2.18. The number of aliphatic hydroxyl groups is 1. The van der Waals surface area contributed by atoms with Gasteiger partial charge in [0.2, 0.25) is 0 Å². The Hall–Kier alpha value is -0.420. The van der Waals surface area contributed by atoms with Crippen LogP contribution < -0.4 is 0 Å². The van der Waals surface area contributed by atoms with E-state index in [0.717, 1.165) is 4.47 Å². The van der Waals surface area contributed by atoms with Gasteiger partial charge in [-0.25, -0.2) is 4.39 Å². The van der Waals surface area contributed by atoms with E-state index in [2.05, 4.69) is 15.9 Å². The summed E-state index contributed by atoms with van der Waals surface area (Å²) in [6.45, 7) is 0. The second-order valence-electron chi connectivity index (χ2n) is 3.24. The van der Waals surface area contributed by atoms with Gasteiger partial charge < -0.3 is 5.11 Å². The Morgan fingerprint density at radius 2 is 2.06 bits per heavy atom. The van der Waals surface area contributed by atoms with Crippen molar-refractivity contribution in [1.29, 1.82) is 0 Å². The maximum atomic E-state index is 13.6. The van der Waals surface area contributed by atoms with Crippen LogP contribution >= 0.6 is 38.9 Å². The Morgan fingerprint density at radius 3 is 2.62 bits per heavy atom. The molecule has 1 atom stereocenters. The van der Waals surface area contributed by atoms with E-state index in [0.29, 0.717) is 10.6 Å². The topological polar surface area (TPSA) is 20.2 Å². The first-order chi connectivity index (χ1) is 7.59. The quantitative estimate of drug-likeness (QED) is 0.870. The first kappa shape index (κ1) is 12.0. The van der Waals surface area contributed by atoms with Crippen LogP contribution in [-0.4, -0.2) is 5.11 Å². The fourth-order valence-electron chi connectivity index (χ4n) is 1.38. The van der Waals surface area contributed by atoms with Crippen LogP contribution in [0.2, 0.25) is 5.02 Å². The molecule has 1 N–H and O–H groups in total. The van der Waals surface area contributed by atoms with E-state index in [1.165, 1.54) is 23.5 Å². The van der Waals surface area contributed by atoms with E-state index >= 15 is 0 Å². The molecule has 0 aliphatic heterocycles. The lowest BCUT2D eigenvalue weighted by atomic mass is 10.0. The Kier molecular flexibility index (Phi) is 3.64. The molecule has 0 bridgehead atoms. The van der Waals surface area contributed by atoms with Crippen molar-refractivity contribution in [2.75, 3.05) is 0 Å². The number of rotatable bonds is 2. The van der Waals surface area contributed by atoms with Gasteiger partial charge >= 0.3 is 0 Å². The molecule has 0 aliphatic rings. The average Bonchev–Trinajstić information content (AvgIpc) is 2.63. The Balaban J connectivity index is 2.41. The van der Waals surface area contributed by atoms with Crippen LogP contribution in [0.5, 0.6) is 0 Å². The molecule has 0 saturated carbocycles. The van der Waals surface area contributed by atoms with E-state index in [1.807, 2.05) is 5.38 Å². The fourth-order valence-corrected chi connectivity index (χ4v) is 3.07. The van der Waals surface area contributed by atoms with E-state index in [4.69, 9.17) is 11.6 Å². The number of hydrogen-bond donors (Lipinski definition) is 1. The van der Waals surface area contributed by atoms with Crippen LogP contribution in [-0.2, 0) is 0 Å². The van der Waals surface area contributed by atoms with Crippen molar-refractivity contribution in [1.82, 2.24) is 0 Å². The zero-order chi connectivity index (χ0) is 11.7. The highest BCUT2D eigenvalue weighted by atomic mass is 79.9. The van der Waals surface area contributed by atoms with Gasteiger partial charge in [0.25, 0.3) is 0 Å². The number of halogens is 3. The molecule has 2 rings (SSSR count). The van der Waals surface area contributed by atoms with Crippen molar-refractivity contribution >= 4 is 38.9 Å². The predicted molar refractivity (Wildman–Crippen MR) is 67.5 cm³/mol. The summed E-state index contributed by atoms with van der Waals surface area (Å²) in [5, 5.41) is 14.0. The maximum absolute atomic E-state index is 13.6. The second-order valence-corrected chi connectivity index (χ2v) is 5.28. The summed E-state index contributed by atoms with van der Waals surface area (Å²) in [6, 6.07) is 4.25. The molecule has 0 saturated heterocycles. The molecule has 0 amide bonds. The van der Waals surface area contributed by atoms with Crippen LogP contribution in [0.1, 0.15) is 17.2 Å². The molecule has 0 radical (unpaired) electrons. The van der Waals surface area contributed by atoms with E-state index in [9.17, 15) is 9.50 Å². The maximum Gasteiger partial charge on any atom is 0.130 e. The minimum Gasteiger partial charge on any atom is -0.383 e. The minimum atomic E-state index is -0.974. The molecular weight excluding hydrogens is 315 g/mol. The molecule has 1 unspecified atom stereocenters. The highest BCUT2D eigenvalue weighted by Crippen LogP contribution is 2.33. The summed E-state index contributed by atoms with van der Waals surface area (Å²) in [6.07, 6.45) is -0.974. The van der Waals surface area contributed by atoms with Crippen molar-refractivity contribution in [2.45, 2.75) is 6.10 Å². The predicted octanol–water partition coefficient (Wildman–Crippen LogP) is 4.38. The lowest BCUT2D eigenvalue weighted by molar-refractivity contribution is 0.215. The molecule has 1 nitrogen and oxygen atoms in total. The van der Waals surface area contributed by atoms with Crippen LogP contribution in [0.4, 0.5) is 4.39 Å². The fraction of sp³-hybridized carbons (Fsp3) is 0.0909. The van der Waals surface area contributed by atoms with Crippen LogP contribution in [0, 0.1) is 5.82 Å². The largest absolute Gasteiger partial charge is 0.383 e. The lowest BCUT2D eigenvalue weighted by Crippen LogP contribution is -2.01. The minimum absolute atomic E-state index is 0.225. The number of hydrogen-bond acceptors (Lipinski definition) is 2. The van der Waals surface area contributed by atoms with Gasteiger partial charge in [-0.15, -0.1) is 0 Å². The Morgan fingerprint density at radius 1 is 1.31 bits per heavy atom. The molecule has 0 fully saturated rings. The second kappa shape index (κ2) is 4.84.